The highest BCUT2D eigenvalue weighted by atomic mass is 32.2. The van der Waals surface area contributed by atoms with E-state index in [1.54, 1.807) is 13.0 Å². The third-order valence-corrected chi connectivity index (χ3v) is 5.66. The minimum Gasteiger partial charge on any atom is -0.465 e. The summed E-state index contributed by atoms with van der Waals surface area (Å²) < 4.78 is 29.9. The number of hydrogen-bond donors (Lipinski definition) is 0. The summed E-state index contributed by atoms with van der Waals surface area (Å²) in [4.78, 5) is 12.0. The van der Waals surface area contributed by atoms with E-state index in [1.807, 2.05) is 25.1 Å². The molecule has 0 unspecified atom stereocenters. The van der Waals surface area contributed by atoms with Crippen LogP contribution in [0.2, 0.25) is 0 Å². The fourth-order valence-corrected chi connectivity index (χ4v) is 4.48. The lowest BCUT2D eigenvalue weighted by Crippen LogP contribution is -2.15. The molecule has 1 heterocycles. The van der Waals surface area contributed by atoms with E-state index in [-0.39, 0.29) is 10.6 Å². The van der Waals surface area contributed by atoms with E-state index < -0.39 is 15.8 Å². The van der Waals surface area contributed by atoms with Crippen LogP contribution in [-0.4, -0.2) is 21.5 Å². The second-order valence-electron chi connectivity index (χ2n) is 5.57. The molecule has 22 heavy (non-hydrogen) atoms. The molecule has 0 fully saturated rings. The standard InChI is InChI=1S/C17H16O4S/c1-10-4-5-13-12(6-10)9-22(19,20)16-8-14(17(18)21-3)11(2)7-15(13)16/h4-8H,9H2,1-3H3. The fraction of sp³-hybridized carbons (Fsp3) is 0.235. The number of benzene rings is 2. The van der Waals surface area contributed by atoms with E-state index in [9.17, 15) is 13.2 Å². The summed E-state index contributed by atoms with van der Waals surface area (Å²) in [6.07, 6.45) is 0. The predicted octanol–water partition coefficient (Wildman–Crippen LogP) is 3.04. The first-order valence-corrected chi connectivity index (χ1v) is 8.54. The molecule has 0 aromatic heterocycles. The maximum absolute atomic E-state index is 12.6. The number of methoxy groups -OCH3 is 1. The van der Waals surface area contributed by atoms with Gasteiger partial charge < -0.3 is 4.74 Å². The normalized spacial score (nSPS) is 14.9. The van der Waals surface area contributed by atoms with Gasteiger partial charge in [0.15, 0.2) is 9.84 Å². The van der Waals surface area contributed by atoms with E-state index in [1.165, 1.54) is 13.2 Å². The minimum absolute atomic E-state index is 0.0410. The molecule has 0 radical (unpaired) electrons. The number of aryl methyl sites for hydroxylation is 2. The Morgan fingerprint density at radius 1 is 1.09 bits per heavy atom. The zero-order valence-electron chi connectivity index (χ0n) is 12.6. The van der Waals surface area contributed by atoms with Crippen molar-refractivity contribution >= 4 is 15.8 Å². The highest BCUT2D eigenvalue weighted by molar-refractivity contribution is 7.90. The number of carbonyl (C=O) groups excluding carboxylic acids is 1. The molecule has 0 saturated heterocycles. The van der Waals surface area contributed by atoms with Crippen LogP contribution in [0, 0.1) is 13.8 Å². The van der Waals surface area contributed by atoms with Gasteiger partial charge in [0.1, 0.15) is 0 Å². The molecule has 0 bridgehead atoms. The van der Waals surface area contributed by atoms with Gasteiger partial charge in [0.25, 0.3) is 0 Å². The van der Waals surface area contributed by atoms with E-state index >= 15 is 0 Å². The molecular weight excluding hydrogens is 300 g/mol. The van der Waals surface area contributed by atoms with Crippen molar-refractivity contribution in [3.05, 3.63) is 52.6 Å². The summed E-state index contributed by atoms with van der Waals surface area (Å²) in [6.45, 7) is 3.72. The molecule has 4 nitrogen and oxygen atoms in total. The Hall–Kier alpha value is -2.14. The Morgan fingerprint density at radius 3 is 2.50 bits per heavy atom. The first-order valence-electron chi connectivity index (χ1n) is 6.89. The Kier molecular flexibility index (Phi) is 3.33. The minimum atomic E-state index is -3.46. The van der Waals surface area contributed by atoms with Crippen LogP contribution in [-0.2, 0) is 20.3 Å². The van der Waals surface area contributed by atoms with Crippen LogP contribution < -0.4 is 0 Å². The zero-order valence-corrected chi connectivity index (χ0v) is 13.5. The third-order valence-electron chi connectivity index (χ3n) is 3.96. The van der Waals surface area contributed by atoms with Crippen LogP contribution in [0.3, 0.4) is 0 Å². The molecule has 0 atom stereocenters. The molecule has 1 aliphatic rings. The maximum Gasteiger partial charge on any atom is 0.338 e. The summed E-state index contributed by atoms with van der Waals surface area (Å²) in [6, 6.07) is 9.00. The van der Waals surface area contributed by atoms with Crippen LogP contribution in [0.25, 0.3) is 11.1 Å². The maximum atomic E-state index is 12.6. The number of fused-ring (bicyclic) bond motifs is 3. The largest absolute Gasteiger partial charge is 0.465 e. The number of ether oxygens (including phenoxy) is 1. The van der Waals surface area contributed by atoms with Crippen molar-refractivity contribution in [1.82, 2.24) is 0 Å². The van der Waals surface area contributed by atoms with Gasteiger partial charge in [-0.25, -0.2) is 13.2 Å². The summed E-state index contributed by atoms with van der Waals surface area (Å²) in [7, 11) is -2.18. The summed E-state index contributed by atoms with van der Waals surface area (Å²) in [5.41, 5.74) is 4.40. The average Bonchev–Trinajstić information content (AvgIpc) is 2.45. The second-order valence-corrected chi connectivity index (χ2v) is 7.53. The molecule has 114 valence electrons. The van der Waals surface area contributed by atoms with Crippen molar-refractivity contribution in [1.29, 1.82) is 0 Å². The quantitative estimate of drug-likeness (QED) is 0.759. The molecule has 5 heteroatoms. The van der Waals surface area contributed by atoms with Gasteiger partial charge in [0.05, 0.1) is 23.3 Å². The number of carbonyl (C=O) groups is 1. The van der Waals surface area contributed by atoms with E-state index in [0.717, 1.165) is 16.7 Å². The number of rotatable bonds is 1. The monoisotopic (exact) mass is 316 g/mol. The van der Waals surface area contributed by atoms with Gasteiger partial charge in [-0.2, -0.15) is 0 Å². The molecule has 2 aromatic carbocycles. The van der Waals surface area contributed by atoms with Crippen LogP contribution in [0.4, 0.5) is 0 Å². The van der Waals surface area contributed by atoms with E-state index in [0.29, 0.717) is 16.7 Å². The topological polar surface area (TPSA) is 60.4 Å². The van der Waals surface area contributed by atoms with Gasteiger partial charge in [-0.15, -0.1) is 0 Å². The Bertz CT molecular complexity index is 895. The third kappa shape index (κ3) is 2.22. The van der Waals surface area contributed by atoms with Gasteiger partial charge in [0, 0.05) is 5.56 Å². The summed E-state index contributed by atoms with van der Waals surface area (Å²) in [5.74, 6) is -0.564. The van der Waals surface area contributed by atoms with Crippen molar-refractivity contribution in [3.8, 4) is 11.1 Å². The molecule has 1 aliphatic heterocycles. The van der Waals surface area contributed by atoms with Gasteiger partial charge in [0.2, 0.25) is 0 Å². The van der Waals surface area contributed by atoms with Gasteiger partial charge in [-0.1, -0.05) is 23.8 Å². The van der Waals surface area contributed by atoms with Crippen molar-refractivity contribution in [2.24, 2.45) is 0 Å². The highest BCUT2D eigenvalue weighted by Gasteiger charge is 2.30. The van der Waals surface area contributed by atoms with Crippen LogP contribution in [0.1, 0.15) is 27.0 Å². The van der Waals surface area contributed by atoms with Crippen LogP contribution >= 0.6 is 0 Å². The molecule has 0 saturated carbocycles. The van der Waals surface area contributed by atoms with Crippen molar-refractivity contribution in [2.45, 2.75) is 24.5 Å². The average molecular weight is 316 g/mol. The van der Waals surface area contributed by atoms with Crippen LogP contribution in [0.15, 0.2) is 35.2 Å². The van der Waals surface area contributed by atoms with Gasteiger partial charge in [-0.05, 0) is 42.7 Å². The molecule has 0 N–H and O–H groups in total. The van der Waals surface area contributed by atoms with E-state index in [2.05, 4.69) is 0 Å². The summed E-state index contributed by atoms with van der Waals surface area (Å²) in [5, 5.41) is 0. The molecular formula is C17H16O4S. The Labute approximate surface area is 129 Å². The molecule has 0 amide bonds. The number of sulfone groups is 1. The van der Waals surface area contributed by atoms with Crippen molar-refractivity contribution < 1.29 is 17.9 Å². The lowest BCUT2D eigenvalue weighted by molar-refractivity contribution is 0.0599. The first-order chi connectivity index (χ1) is 10.3. The lowest BCUT2D eigenvalue weighted by atomic mass is 9.95. The van der Waals surface area contributed by atoms with Gasteiger partial charge >= 0.3 is 5.97 Å². The summed E-state index contributed by atoms with van der Waals surface area (Å²) >= 11 is 0. The Balaban J connectivity index is 2.34. The lowest BCUT2D eigenvalue weighted by Gasteiger charge is -2.22. The SMILES string of the molecule is COC(=O)c1cc2c(cc1C)-c1ccc(C)cc1CS2(=O)=O. The van der Waals surface area contributed by atoms with Crippen LogP contribution in [0.5, 0.6) is 0 Å². The van der Waals surface area contributed by atoms with E-state index in [4.69, 9.17) is 4.74 Å². The highest BCUT2D eigenvalue weighted by Crippen LogP contribution is 2.39. The molecule has 0 aliphatic carbocycles. The number of esters is 1. The molecule has 2 aromatic rings. The Morgan fingerprint density at radius 2 is 1.82 bits per heavy atom. The predicted molar refractivity (Wildman–Crippen MR) is 83.6 cm³/mol. The van der Waals surface area contributed by atoms with Crippen molar-refractivity contribution in [2.75, 3.05) is 7.11 Å². The zero-order chi connectivity index (χ0) is 16.1. The smallest absolute Gasteiger partial charge is 0.338 e. The first kappa shape index (κ1) is 14.8. The molecule has 0 spiro atoms. The van der Waals surface area contributed by atoms with Crippen molar-refractivity contribution in [3.63, 3.8) is 0 Å². The van der Waals surface area contributed by atoms with Gasteiger partial charge in [-0.3, -0.25) is 0 Å². The fourth-order valence-electron chi connectivity index (χ4n) is 2.87. The second kappa shape index (κ2) is 4.95. The molecule has 3 rings (SSSR count). The number of hydrogen-bond acceptors (Lipinski definition) is 4.